The topological polar surface area (TPSA) is 32.7 Å². The van der Waals surface area contributed by atoms with E-state index in [0.717, 1.165) is 31.3 Å². The Morgan fingerprint density at radius 1 is 1.27 bits per heavy atom. The van der Waals surface area contributed by atoms with E-state index in [4.69, 9.17) is 4.74 Å². The molecule has 124 valence electrons. The first kappa shape index (κ1) is 17.3. The lowest BCUT2D eigenvalue weighted by Gasteiger charge is -2.31. The summed E-state index contributed by atoms with van der Waals surface area (Å²) in [6, 6.07) is 6.22. The SMILES string of the molecule is Cc1cc(OCC(O)CN2CCC(C)CC2)ccc1C(C)C. The first-order valence-corrected chi connectivity index (χ1v) is 8.59. The van der Waals surface area contributed by atoms with Crippen LogP contribution in [0.4, 0.5) is 0 Å². The van der Waals surface area contributed by atoms with Gasteiger partial charge in [0.15, 0.2) is 0 Å². The number of hydrogen-bond donors (Lipinski definition) is 1. The normalized spacial score (nSPS) is 18.6. The van der Waals surface area contributed by atoms with Crippen molar-refractivity contribution in [1.82, 2.24) is 4.90 Å². The third-order valence-corrected chi connectivity index (χ3v) is 4.65. The molecule has 1 aliphatic rings. The fourth-order valence-corrected chi connectivity index (χ4v) is 3.17. The zero-order chi connectivity index (χ0) is 16.1. The minimum absolute atomic E-state index is 0.368. The van der Waals surface area contributed by atoms with Crippen LogP contribution in [0, 0.1) is 12.8 Å². The monoisotopic (exact) mass is 305 g/mol. The van der Waals surface area contributed by atoms with Crippen LogP contribution in [0.5, 0.6) is 5.75 Å². The molecular formula is C19H31NO2. The summed E-state index contributed by atoms with van der Waals surface area (Å²) in [5.74, 6) is 2.21. The first-order valence-electron chi connectivity index (χ1n) is 8.59. The second-order valence-electron chi connectivity index (χ2n) is 7.12. The Morgan fingerprint density at radius 3 is 2.55 bits per heavy atom. The third-order valence-electron chi connectivity index (χ3n) is 4.65. The lowest BCUT2D eigenvalue weighted by atomic mass is 9.98. The molecule has 0 aliphatic carbocycles. The Labute approximate surface area is 135 Å². The van der Waals surface area contributed by atoms with Crippen molar-refractivity contribution in [2.45, 2.75) is 52.6 Å². The van der Waals surface area contributed by atoms with Crippen LogP contribution in [0.3, 0.4) is 0 Å². The average molecular weight is 305 g/mol. The summed E-state index contributed by atoms with van der Waals surface area (Å²) in [5.41, 5.74) is 2.61. The van der Waals surface area contributed by atoms with E-state index in [0.29, 0.717) is 12.5 Å². The summed E-state index contributed by atoms with van der Waals surface area (Å²) in [6.45, 7) is 12.1. The van der Waals surface area contributed by atoms with Crippen molar-refractivity contribution in [1.29, 1.82) is 0 Å². The van der Waals surface area contributed by atoms with E-state index < -0.39 is 6.10 Å². The largest absolute Gasteiger partial charge is 0.491 e. The summed E-state index contributed by atoms with van der Waals surface area (Å²) in [4.78, 5) is 2.35. The molecule has 1 aliphatic heterocycles. The Hall–Kier alpha value is -1.06. The van der Waals surface area contributed by atoms with Gasteiger partial charge in [-0.05, 0) is 68.0 Å². The fourth-order valence-electron chi connectivity index (χ4n) is 3.17. The number of ether oxygens (including phenoxy) is 1. The number of hydrogen-bond acceptors (Lipinski definition) is 3. The summed E-state index contributed by atoms with van der Waals surface area (Å²) < 4.78 is 5.77. The predicted octanol–water partition coefficient (Wildman–Crippen LogP) is 3.59. The second kappa shape index (κ2) is 7.98. The summed E-state index contributed by atoms with van der Waals surface area (Å²) in [6.07, 6.45) is 2.06. The molecule has 1 aromatic carbocycles. The first-order chi connectivity index (χ1) is 10.5. The van der Waals surface area contributed by atoms with Crippen LogP contribution in [-0.4, -0.2) is 42.4 Å². The van der Waals surface area contributed by atoms with Crippen LogP contribution in [0.1, 0.15) is 50.7 Å². The van der Waals surface area contributed by atoms with Gasteiger partial charge in [-0.3, -0.25) is 0 Å². The average Bonchev–Trinajstić information content (AvgIpc) is 2.47. The zero-order valence-corrected chi connectivity index (χ0v) is 14.5. The molecule has 3 heteroatoms. The van der Waals surface area contributed by atoms with Gasteiger partial charge in [-0.25, -0.2) is 0 Å². The van der Waals surface area contributed by atoms with Gasteiger partial charge in [0.1, 0.15) is 18.5 Å². The Kier molecular flexibility index (Phi) is 6.27. The number of aliphatic hydroxyl groups is 1. The van der Waals surface area contributed by atoms with Gasteiger partial charge in [-0.1, -0.05) is 26.8 Å². The van der Waals surface area contributed by atoms with Crippen LogP contribution in [0.2, 0.25) is 0 Å². The van der Waals surface area contributed by atoms with E-state index in [2.05, 4.69) is 44.7 Å². The third kappa shape index (κ3) is 4.99. The van der Waals surface area contributed by atoms with Gasteiger partial charge in [-0.15, -0.1) is 0 Å². The lowest BCUT2D eigenvalue weighted by Crippen LogP contribution is -2.40. The number of aryl methyl sites for hydroxylation is 1. The van der Waals surface area contributed by atoms with E-state index in [1.54, 1.807) is 0 Å². The van der Waals surface area contributed by atoms with E-state index in [9.17, 15) is 5.11 Å². The molecule has 1 aromatic rings. The van der Waals surface area contributed by atoms with E-state index in [-0.39, 0.29) is 0 Å². The standard InChI is InChI=1S/C19H31NO2/c1-14(2)19-6-5-18(11-16(19)4)22-13-17(21)12-20-9-7-15(3)8-10-20/h5-6,11,14-15,17,21H,7-10,12-13H2,1-4H3. The van der Waals surface area contributed by atoms with Crippen molar-refractivity contribution in [3.63, 3.8) is 0 Å². The number of nitrogens with zero attached hydrogens (tertiary/aromatic N) is 1. The van der Waals surface area contributed by atoms with E-state index >= 15 is 0 Å². The van der Waals surface area contributed by atoms with E-state index in [1.807, 2.05) is 6.07 Å². The Morgan fingerprint density at radius 2 is 1.95 bits per heavy atom. The number of aliphatic hydroxyl groups excluding tert-OH is 1. The summed E-state index contributed by atoms with van der Waals surface area (Å²) >= 11 is 0. The molecule has 1 heterocycles. The van der Waals surface area contributed by atoms with E-state index in [1.165, 1.54) is 24.0 Å². The van der Waals surface area contributed by atoms with Gasteiger partial charge < -0.3 is 14.7 Å². The highest BCUT2D eigenvalue weighted by atomic mass is 16.5. The molecule has 0 saturated carbocycles. The highest BCUT2D eigenvalue weighted by Crippen LogP contribution is 2.23. The second-order valence-corrected chi connectivity index (χ2v) is 7.12. The predicted molar refractivity (Wildman–Crippen MR) is 91.6 cm³/mol. The van der Waals surface area contributed by atoms with Crippen molar-refractivity contribution in [3.05, 3.63) is 29.3 Å². The maximum Gasteiger partial charge on any atom is 0.119 e. The maximum atomic E-state index is 10.2. The molecule has 3 nitrogen and oxygen atoms in total. The molecule has 0 radical (unpaired) electrons. The van der Waals surface area contributed by atoms with Crippen LogP contribution in [-0.2, 0) is 0 Å². The van der Waals surface area contributed by atoms with Crippen LogP contribution in [0.15, 0.2) is 18.2 Å². The van der Waals surface area contributed by atoms with Gasteiger partial charge >= 0.3 is 0 Å². The number of benzene rings is 1. The molecule has 1 unspecified atom stereocenters. The molecule has 1 N–H and O–H groups in total. The molecule has 1 saturated heterocycles. The smallest absolute Gasteiger partial charge is 0.119 e. The van der Waals surface area contributed by atoms with Crippen molar-refractivity contribution in [3.8, 4) is 5.75 Å². The zero-order valence-electron chi connectivity index (χ0n) is 14.5. The molecular weight excluding hydrogens is 274 g/mol. The summed E-state index contributed by atoms with van der Waals surface area (Å²) in [7, 11) is 0. The highest BCUT2D eigenvalue weighted by Gasteiger charge is 2.18. The Bertz CT molecular complexity index is 465. The number of piperidine rings is 1. The summed E-state index contributed by atoms with van der Waals surface area (Å²) in [5, 5.41) is 10.2. The molecule has 0 amide bonds. The van der Waals surface area contributed by atoms with Gasteiger partial charge in [0.2, 0.25) is 0 Å². The molecule has 1 atom stereocenters. The Balaban J connectivity index is 1.78. The van der Waals surface area contributed by atoms with Crippen molar-refractivity contribution < 1.29 is 9.84 Å². The minimum Gasteiger partial charge on any atom is -0.491 e. The quantitative estimate of drug-likeness (QED) is 0.872. The van der Waals surface area contributed by atoms with Gasteiger partial charge in [0.25, 0.3) is 0 Å². The lowest BCUT2D eigenvalue weighted by molar-refractivity contribution is 0.0563. The van der Waals surface area contributed by atoms with Crippen LogP contribution < -0.4 is 4.74 Å². The van der Waals surface area contributed by atoms with Gasteiger partial charge in [0, 0.05) is 6.54 Å². The maximum absolute atomic E-state index is 10.2. The van der Waals surface area contributed by atoms with Gasteiger partial charge in [-0.2, -0.15) is 0 Å². The molecule has 0 bridgehead atoms. The van der Waals surface area contributed by atoms with Gasteiger partial charge in [0.05, 0.1) is 0 Å². The minimum atomic E-state index is -0.418. The molecule has 0 aromatic heterocycles. The number of β-amino-alcohol motifs (C(OH)–C–C–N with tert-alkyl or cyclic N) is 1. The van der Waals surface area contributed by atoms with Crippen molar-refractivity contribution >= 4 is 0 Å². The molecule has 1 fully saturated rings. The van der Waals surface area contributed by atoms with Crippen LogP contribution in [0.25, 0.3) is 0 Å². The molecule has 22 heavy (non-hydrogen) atoms. The molecule has 2 rings (SSSR count). The highest BCUT2D eigenvalue weighted by molar-refractivity contribution is 5.36. The number of likely N-dealkylation sites (tertiary alicyclic amines) is 1. The van der Waals surface area contributed by atoms with Crippen molar-refractivity contribution in [2.75, 3.05) is 26.2 Å². The van der Waals surface area contributed by atoms with Crippen molar-refractivity contribution in [2.24, 2.45) is 5.92 Å². The number of rotatable bonds is 6. The van der Waals surface area contributed by atoms with Crippen LogP contribution >= 0.6 is 0 Å². The fraction of sp³-hybridized carbons (Fsp3) is 0.684. The molecule has 0 spiro atoms.